The van der Waals surface area contributed by atoms with Gasteiger partial charge in [0.2, 0.25) is 11.8 Å². The minimum Gasteiger partial charge on any atom is -0.352 e. The summed E-state index contributed by atoms with van der Waals surface area (Å²) >= 11 is 1.64. The van der Waals surface area contributed by atoms with Gasteiger partial charge in [0.25, 0.3) is 0 Å². The Bertz CT molecular complexity index is 710. The highest BCUT2D eigenvalue weighted by molar-refractivity contribution is 7.98. The van der Waals surface area contributed by atoms with Crippen molar-refractivity contribution in [2.24, 2.45) is 5.73 Å². The number of nitrogens with two attached hydrogens (primary N) is 1. The van der Waals surface area contributed by atoms with Crippen molar-refractivity contribution in [2.45, 2.75) is 24.9 Å². The van der Waals surface area contributed by atoms with Crippen molar-refractivity contribution in [3.05, 3.63) is 71.8 Å². The lowest BCUT2D eigenvalue weighted by atomic mass is 10.1. The van der Waals surface area contributed by atoms with E-state index in [2.05, 4.69) is 10.6 Å². The van der Waals surface area contributed by atoms with Crippen LogP contribution in [0.15, 0.2) is 60.7 Å². The number of rotatable bonds is 10. The van der Waals surface area contributed by atoms with E-state index in [-0.39, 0.29) is 24.3 Å². The molecule has 2 amide bonds. The van der Waals surface area contributed by atoms with E-state index in [1.807, 2.05) is 66.9 Å². The minimum absolute atomic E-state index is 0.158. The van der Waals surface area contributed by atoms with Crippen LogP contribution in [0.5, 0.6) is 0 Å². The fourth-order valence-corrected chi connectivity index (χ4v) is 3.15. The van der Waals surface area contributed by atoms with Crippen LogP contribution in [0.4, 0.5) is 0 Å². The van der Waals surface area contributed by atoms with Crippen molar-refractivity contribution < 1.29 is 9.59 Å². The highest BCUT2D eigenvalue weighted by Gasteiger charge is 2.21. The molecule has 144 valence electrons. The topological polar surface area (TPSA) is 84.2 Å². The quantitative estimate of drug-likeness (QED) is 0.586. The average molecular weight is 386 g/mol. The van der Waals surface area contributed by atoms with Gasteiger partial charge in [-0.3, -0.25) is 9.59 Å². The monoisotopic (exact) mass is 385 g/mol. The molecule has 2 atom stereocenters. The molecule has 27 heavy (non-hydrogen) atoms. The van der Waals surface area contributed by atoms with Gasteiger partial charge < -0.3 is 16.4 Å². The summed E-state index contributed by atoms with van der Waals surface area (Å²) in [5, 5.41) is 5.73. The molecule has 0 aliphatic carbocycles. The molecule has 0 spiro atoms. The van der Waals surface area contributed by atoms with Gasteiger partial charge >= 0.3 is 0 Å². The molecule has 0 fully saturated rings. The lowest BCUT2D eigenvalue weighted by Crippen LogP contribution is -2.48. The largest absolute Gasteiger partial charge is 0.352 e. The highest BCUT2D eigenvalue weighted by atomic mass is 32.2. The number of hydrogen-bond acceptors (Lipinski definition) is 4. The van der Waals surface area contributed by atoms with E-state index in [1.54, 1.807) is 11.8 Å². The summed E-state index contributed by atoms with van der Waals surface area (Å²) in [6, 6.07) is 18.3. The van der Waals surface area contributed by atoms with E-state index < -0.39 is 6.04 Å². The molecule has 0 saturated heterocycles. The van der Waals surface area contributed by atoms with Crippen LogP contribution in [0.1, 0.15) is 23.6 Å². The second-order valence-electron chi connectivity index (χ2n) is 6.33. The predicted molar refractivity (Wildman–Crippen MR) is 111 cm³/mol. The van der Waals surface area contributed by atoms with Gasteiger partial charge in [0, 0.05) is 12.6 Å². The SMILES string of the molecule is CSCCC(NC(=O)Cc1ccccc1)C(=O)NCC(N)c1ccccc1. The Balaban J connectivity index is 1.89. The van der Waals surface area contributed by atoms with Crippen molar-refractivity contribution >= 4 is 23.6 Å². The standard InChI is InChI=1S/C21H27N3O2S/c1-27-13-12-19(24-20(25)14-16-8-4-2-5-9-16)21(26)23-15-18(22)17-10-6-3-7-11-17/h2-11,18-19H,12-15,22H2,1H3,(H,23,26)(H,24,25). The van der Waals surface area contributed by atoms with Gasteiger partial charge in [0.05, 0.1) is 6.42 Å². The van der Waals surface area contributed by atoms with E-state index >= 15 is 0 Å². The van der Waals surface area contributed by atoms with E-state index in [0.717, 1.165) is 16.9 Å². The summed E-state index contributed by atoms with van der Waals surface area (Å²) in [5.41, 5.74) is 8.03. The normalized spacial score (nSPS) is 12.8. The van der Waals surface area contributed by atoms with Crippen molar-refractivity contribution in [1.29, 1.82) is 0 Å². The molecule has 0 heterocycles. The molecule has 0 aromatic heterocycles. The Morgan fingerprint density at radius 1 is 1.04 bits per heavy atom. The zero-order chi connectivity index (χ0) is 19.5. The maximum Gasteiger partial charge on any atom is 0.242 e. The third kappa shape index (κ3) is 7.45. The van der Waals surface area contributed by atoms with Crippen molar-refractivity contribution in [3.8, 4) is 0 Å². The molecule has 0 radical (unpaired) electrons. The second-order valence-corrected chi connectivity index (χ2v) is 7.31. The Hall–Kier alpha value is -2.31. The van der Waals surface area contributed by atoms with Crippen LogP contribution in [0.2, 0.25) is 0 Å². The molecule has 0 saturated carbocycles. The van der Waals surface area contributed by atoms with E-state index in [1.165, 1.54) is 0 Å². The molecule has 0 bridgehead atoms. The van der Waals surface area contributed by atoms with Crippen LogP contribution in [0, 0.1) is 0 Å². The Morgan fingerprint density at radius 2 is 1.67 bits per heavy atom. The number of hydrogen-bond donors (Lipinski definition) is 3. The second kappa shape index (κ2) is 11.4. The molecule has 4 N–H and O–H groups in total. The summed E-state index contributed by atoms with van der Waals surface area (Å²) < 4.78 is 0. The minimum atomic E-state index is -0.559. The number of benzene rings is 2. The number of amides is 2. The molecule has 5 nitrogen and oxygen atoms in total. The first-order valence-electron chi connectivity index (χ1n) is 9.00. The number of carbonyl (C=O) groups is 2. The van der Waals surface area contributed by atoms with E-state index in [4.69, 9.17) is 5.73 Å². The van der Waals surface area contributed by atoms with Crippen molar-refractivity contribution in [3.63, 3.8) is 0 Å². The van der Waals surface area contributed by atoms with Gasteiger partial charge in [-0.15, -0.1) is 0 Å². The summed E-state index contributed by atoms with van der Waals surface area (Å²) in [4.78, 5) is 24.9. The molecule has 2 unspecified atom stereocenters. The van der Waals surface area contributed by atoms with Gasteiger partial charge in [0.15, 0.2) is 0 Å². The lowest BCUT2D eigenvalue weighted by molar-refractivity contribution is -0.128. The Labute approximate surface area is 165 Å². The van der Waals surface area contributed by atoms with Crippen LogP contribution in [0.25, 0.3) is 0 Å². The van der Waals surface area contributed by atoms with Crippen LogP contribution in [0.3, 0.4) is 0 Å². The van der Waals surface area contributed by atoms with Gasteiger partial charge in [-0.05, 0) is 29.6 Å². The Morgan fingerprint density at radius 3 is 2.30 bits per heavy atom. The maximum absolute atomic E-state index is 12.6. The molecule has 2 rings (SSSR count). The summed E-state index contributed by atoms with van der Waals surface area (Å²) in [5.74, 6) is 0.431. The predicted octanol–water partition coefficient (Wildman–Crippen LogP) is 2.28. The van der Waals surface area contributed by atoms with Gasteiger partial charge in [0.1, 0.15) is 6.04 Å². The maximum atomic E-state index is 12.6. The van der Waals surface area contributed by atoms with Gasteiger partial charge in [-0.25, -0.2) is 0 Å². The van der Waals surface area contributed by atoms with Crippen LogP contribution >= 0.6 is 11.8 Å². The summed E-state index contributed by atoms with van der Waals surface area (Å²) in [6.45, 7) is 0.327. The third-order valence-corrected chi connectivity index (χ3v) is 4.84. The number of thioether (sulfide) groups is 1. The average Bonchev–Trinajstić information content (AvgIpc) is 2.70. The van der Waals surface area contributed by atoms with Crippen molar-refractivity contribution in [1.82, 2.24) is 10.6 Å². The fraction of sp³-hybridized carbons (Fsp3) is 0.333. The van der Waals surface area contributed by atoms with Crippen LogP contribution in [-0.4, -0.2) is 36.4 Å². The first-order chi connectivity index (χ1) is 13.1. The molecular formula is C21H27N3O2S. The van der Waals surface area contributed by atoms with Crippen LogP contribution in [-0.2, 0) is 16.0 Å². The molecule has 0 aliphatic heterocycles. The van der Waals surface area contributed by atoms with E-state index in [0.29, 0.717) is 13.0 Å². The number of nitrogens with one attached hydrogen (secondary N) is 2. The zero-order valence-electron chi connectivity index (χ0n) is 15.6. The first-order valence-corrected chi connectivity index (χ1v) is 10.4. The molecule has 2 aromatic carbocycles. The highest BCUT2D eigenvalue weighted by Crippen LogP contribution is 2.09. The smallest absolute Gasteiger partial charge is 0.242 e. The molecule has 2 aromatic rings. The van der Waals surface area contributed by atoms with Gasteiger partial charge in [-0.2, -0.15) is 11.8 Å². The summed E-state index contributed by atoms with van der Waals surface area (Å²) in [6.07, 6.45) is 2.81. The fourth-order valence-electron chi connectivity index (χ4n) is 2.68. The third-order valence-electron chi connectivity index (χ3n) is 4.19. The first kappa shape index (κ1) is 21.0. The molecular weight excluding hydrogens is 358 g/mol. The molecule has 6 heteroatoms. The summed E-state index contributed by atoms with van der Waals surface area (Å²) in [7, 11) is 0. The molecule has 0 aliphatic rings. The number of carbonyl (C=O) groups excluding carboxylic acids is 2. The van der Waals surface area contributed by atoms with Gasteiger partial charge in [-0.1, -0.05) is 60.7 Å². The van der Waals surface area contributed by atoms with Crippen molar-refractivity contribution in [2.75, 3.05) is 18.6 Å². The Kier molecular flexibility index (Phi) is 8.87. The zero-order valence-corrected chi connectivity index (χ0v) is 16.4. The van der Waals surface area contributed by atoms with E-state index in [9.17, 15) is 9.59 Å². The van der Waals surface area contributed by atoms with Crippen LogP contribution < -0.4 is 16.4 Å². The lowest BCUT2D eigenvalue weighted by Gasteiger charge is -2.20.